The van der Waals surface area contributed by atoms with E-state index in [9.17, 15) is 9.18 Å². The molecule has 1 atom stereocenters. The van der Waals surface area contributed by atoms with Crippen LogP contribution in [0.3, 0.4) is 0 Å². The predicted octanol–water partition coefficient (Wildman–Crippen LogP) is 2.45. The van der Waals surface area contributed by atoms with Crippen molar-refractivity contribution in [2.75, 3.05) is 32.7 Å². The highest BCUT2D eigenvalue weighted by molar-refractivity contribution is 5.94. The van der Waals surface area contributed by atoms with E-state index in [1.54, 1.807) is 18.2 Å². The van der Waals surface area contributed by atoms with Crippen LogP contribution in [-0.4, -0.2) is 71.0 Å². The third-order valence-corrected chi connectivity index (χ3v) is 5.42. The molecule has 4 nitrogen and oxygen atoms in total. The summed E-state index contributed by atoms with van der Waals surface area (Å²) in [6.45, 7) is 13.2. The molecule has 0 aromatic heterocycles. The van der Waals surface area contributed by atoms with Crippen molar-refractivity contribution in [3.05, 3.63) is 35.6 Å². The van der Waals surface area contributed by atoms with Gasteiger partial charge in [0, 0.05) is 50.3 Å². The van der Waals surface area contributed by atoms with Crippen molar-refractivity contribution in [1.82, 2.24) is 14.7 Å². The Balaban J connectivity index is 1.81. The van der Waals surface area contributed by atoms with Crippen LogP contribution in [0.15, 0.2) is 24.3 Å². The number of fused-ring (bicyclic) bond motifs is 1. The van der Waals surface area contributed by atoms with Gasteiger partial charge in [0.25, 0.3) is 5.91 Å². The predicted molar refractivity (Wildman–Crippen MR) is 93.6 cm³/mol. The molecule has 3 rings (SSSR count). The van der Waals surface area contributed by atoms with Crippen LogP contribution in [0.4, 0.5) is 4.39 Å². The molecule has 2 saturated heterocycles. The fourth-order valence-corrected chi connectivity index (χ4v) is 4.14. The zero-order chi connectivity index (χ0) is 17.5. The van der Waals surface area contributed by atoms with Gasteiger partial charge in [0.05, 0.1) is 5.56 Å². The molecule has 1 unspecified atom stereocenters. The van der Waals surface area contributed by atoms with Crippen LogP contribution in [0.5, 0.6) is 0 Å². The molecular weight excluding hydrogens is 305 g/mol. The van der Waals surface area contributed by atoms with Crippen LogP contribution in [0.25, 0.3) is 0 Å². The standard InChI is InChI=1S/C19H28FN3O/c1-14(2)21-9-10-23-15(11-21)12-22(13-19(23,3)4)18(24)16-7-5-6-8-17(16)20/h5-8,14-15H,9-13H2,1-4H3. The van der Waals surface area contributed by atoms with Crippen LogP contribution < -0.4 is 0 Å². The molecule has 24 heavy (non-hydrogen) atoms. The first-order valence-corrected chi connectivity index (χ1v) is 8.84. The second-order valence-electron chi connectivity index (χ2n) is 7.91. The number of piperazine rings is 2. The van der Waals surface area contributed by atoms with Gasteiger partial charge in [0.2, 0.25) is 0 Å². The lowest BCUT2D eigenvalue weighted by Crippen LogP contribution is -2.70. The lowest BCUT2D eigenvalue weighted by atomic mass is 9.92. The zero-order valence-corrected chi connectivity index (χ0v) is 15.1. The van der Waals surface area contributed by atoms with Gasteiger partial charge >= 0.3 is 0 Å². The van der Waals surface area contributed by atoms with Gasteiger partial charge in [-0.15, -0.1) is 0 Å². The maximum atomic E-state index is 14.0. The molecule has 2 fully saturated rings. The highest BCUT2D eigenvalue weighted by Gasteiger charge is 2.44. The SMILES string of the molecule is CC(C)N1CCN2C(CN(C(=O)c3ccccc3F)CC2(C)C)C1. The number of halogens is 1. The molecule has 0 radical (unpaired) electrons. The minimum Gasteiger partial charge on any atom is -0.335 e. The molecule has 2 aliphatic heterocycles. The van der Waals surface area contributed by atoms with E-state index >= 15 is 0 Å². The highest BCUT2D eigenvalue weighted by atomic mass is 19.1. The number of nitrogens with zero attached hydrogens (tertiary/aromatic N) is 3. The molecule has 0 aliphatic carbocycles. The highest BCUT2D eigenvalue weighted by Crippen LogP contribution is 2.29. The Hall–Kier alpha value is -1.46. The van der Waals surface area contributed by atoms with Gasteiger partial charge in [0.15, 0.2) is 0 Å². The Kier molecular flexibility index (Phi) is 4.67. The topological polar surface area (TPSA) is 26.8 Å². The Morgan fingerprint density at radius 3 is 2.58 bits per heavy atom. The van der Waals surface area contributed by atoms with Gasteiger partial charge in [-0.3, -0.25) is 14.6 Å². The molecule has 2 heterocycles. The molecule has 0 bridgehead atoms. The first kappa shape index (κ1) is 17.4. The van der Waals surface area contributed by atoms with Crippen molar-refractivity contribution in [1.29, 1.82) is 0 Å². The molecule has 0 N–H and O–H groups in total. The molecule has 1 aromatic rings. The fraction of sp³-hybridized carbons (Fsp3) is 0.632. The normalized spacial score (nSPS) is 24.9. The molecule has 132 valence electrons. The van der Waals surface area contributed by atoms with E-state index in [1.165, 1.54) is 6.07 Å². The monoisotopic (exact) mass is 333 g/mol. The van der Waals surface area contributed by atoms with Gasteiger partial charge in [-0.25, -0.2) is 4.39 Å². The van der Waals surface area contributed by atoms with Gasteiger partial charge in [-0.05, 0) is 39.8 Å². The summed E-state index contributed by atoms with van der Waals surface area (Å²) in [5, 5.41) is 0. The minimum absolute atomic E-state index is 0.0904. The number of carbonyl (C=O) groups is 1. The first-order valence-electron chi connectivity index (χ1n) is 8.84. The first-order chi connectivity index (χ1) is 11.3. The van der Waals surface area contributed by atoms with E-state index in [0.29, 0.717) is 25.2 Å². The lowest BCUT2D eigenvalue weighted by molar-refractivity contribution is -0.0617. The van der Waals surface area contributed by atoms with Gasteiger partial charge in [-0.1, -0.05) is 12.1 Å². The summed E-state index contributed by atoms with van der Waals surface area (Å²) < 4.78 is 14.0. The summed E-state index contributed by atoms with van der Waals surface area (Å²) in [4.78, 5) is 19.7. The molecule has 2 aliphatic rings. The van der Waals surface area contributed by atoms with Crippen molar-refractivity contribution < 1.29 is 9.18 Å². The number of amides is 1. The van der Waals surface area contributed by atoms with Crippen LogP contribution in [0, 0.1) is 5.82 Å². The van der Waals surface area contributed by atoms with Crippen molar-refractivity contribution in [2.45, 2.75) is 45.3 Å². The lowest BCUT2D eigenvalue weighted by Gasteiger charge is -2.56. The van der Waals surface area contributed by atoms with Crippen LogP contribution in [-0.2, 0) is 0 Å². The van der Waals surface area contributed by atoms with E-state index < -0.39 is 5.82 Å². The zero-order valence-electron chi connectivity index (χ0n) is 15.1. The quantitative estimate of drug-likeness (QED) is 0.832. The Bertz CT molecular complexity index is 616. The minimum atomic E-state index is -0.435. The third-order valence-electron chi connectivity index (χ3n) is 5.42. The van der Waals surface area contributed by atoms with Gasteiger partial charge in [0.1, 0.15) is 5.82 Å². The number of hydrogen-bond donors (Lipinski definition) is 0. The van der Waals surface area contributed by atoms with Crippen LogP contribution in [0.2, 0.25) is 0 Å². The Morgan fingerprint density at radius 1 is 1.21 bits per heavy atom. The van der Waals surface area contributed by atoms with E-state index in [1.807, 2.05) is 4.90 Å². The maximum absolute atomic E-state index is 14.0. The number of hydrogen-bond acceptors (Lipinski definition) is 3. The van der Waals surface area contributed by atoms with Crippen LogP contribution >= 0.6 is 0 Å². The summed E-state index contributed by atoms with van der Waals surface area (Å²) in [5.74, 6) is -0.627. The third kappa shape index (κ3) is 3.20. The van der Waals surface area contributed by atoms with Gasteiger partial charge < -0.3 is 4.90 Å². The Morgan fingerprint density at radius 2 is 1.92 bits per heavy atom. The molecule has 1 amide bonds. The van der Waals surface area contributed by atoms with E-state index in [0.717, 1.165) is 19.6 Å². The average Bonchev–Trinajstić information content (AvgIpc) is 2.53. The summed E-state index contributed by atoms with van der Waals surface area (Å²) >= 11 is 0. The molecule has 5 heteroatoms. The summed E-state index contributed by atoms with van der Waals surface area (Å²) in [7, 11) is 0. The van der Waals surface area contributed by atoms with Crippen molar-refractivity contribution in [3.8, 4) is 0 Å². The van der Waals surface area contributed by atoms with E-state index in [-0.39, 0.29) is 17.0 Å². The average molecular weight is 333 g/mol. The number of benzene rings is 1. The van der Waals surface area contributed by atoms with Gasteiger partial charge in [-0.2, -0.15) is 0 Å². The van der Waals surface area contributed by atoms with Crippen molar-refractivity contribution in [3.63, 3.8) is 0 Å². The molecule has 1 aromatic carbocycles. The molecule has 0 saturated carbocycles. The molecule has 0 spiro atoms. The van der Waals surface area contributed by atoms with E-state index in [2.05, 4.69) is 37.5 Å². The fourth-order valence-electron chi connectivity index (χ4n) is 4.14. The largest absolute Gasteiger partial charge is 0.335 e. The van der Waals surface area contributed by atoms with Crippen molar-refractivity contribution >= 4 is 5.91 Å². The Labute approximate surface area is 144 Å². The molecular formula is C19H28FN3O. The summed E-state index contributed by atoms with van der Waals surface area (Å²) in [6, 6.07) is 7.09. The van der Waals surface area contributed by atoms with Crippen LogP contribution in [0.1, 0.15) is 38.1 Å². The second kappa shape index (κ2) is 6.45. The smallest absolute Gasteiger partial charge is 0.256 e. The number of carbonyl (C=O) groups excluding carboxylic acids is 1. The summed E-state index contributed by atoms with van der Waals surface area (Å²) in [6.07, 6.45) is 0. The summed E-state index contributed by atoms with van der Waals surface area (Å²) in [5.41, 5.74) is 0.0886. The maximum Gasteiger partial charge on any atom is 0.256 e. The van der Waals surface area contributed by atoms with Crippen molar-refractivity contribution in [2.24, 2.45) is 0 Å². The number of rotatable bonds is 2. The second-order valence-corrected chi connectivity index (χ2v) is 7.91. The van der Waals surface area contributed by atoms with E-state index in [4.69, 9.17) is 0 Å².